The van der Waals surface area contributed by atoms with Gasteiger partial charge in [0.1, 0.15) is 15.8 Å². The fourth-order valence-corrected chi connectivity index (χ4v) is 4.13. The zero-order valence-electron chi connectivity index (χ0n) is 11.4. The van der Waals surface area contributed by atoms with E-state index in [9.17, 15) is 0 Å². The van der Waals surface area contributed by atoms with E-state index in [-0.39, 0.29) is 0 Å². The van der Waals surface area contributed by atoms with Crippen molar-refractivity contribution in [3.05, 3.63) is 22.4 Å². The van der Waals surface area contributed by atoms with Crippen LogP contribution in [0.4, 0.5) is 0 Å². The molecule has 0 bridgehead atoms. The predicted molar refractivity (Wildman–Crippen MR) is 82.0 cm³/mol. The zero-order valence-corrected chi connectivity index (χ0v) is 13.0. The molecule has 0 N–H and O–H groups in total. The Labute approximate surface area is 123 Å². The van der Waals surface area contributed by atoms with Crippen molar-refractivity contribution in [2.75, 3.05) is 0 Å². The summed E-state index contributed by atoms with van der Waals surface area (Å²) in [5.41, 5.74) is 0. The van der Waals surface area contributed by atoms with E-state index in [4.69, 9.17) is 16.6 Å². The number of aromatic nitrogens is 2. The molecule has 4 heteroatoms. The van der Waals surface area contributed by atoms with Gasteiger partial charge < -0.3 is 0 Å². The lowest BCUT2D eigenvalue weighted by Crippen LogP contribution is -2.18. The first kappa shape index (κ1) is 13.3. The second kappa shape index (κ2) is 5.37. The minimum absolute atomic E-state index is 0.499. The third kappa shape index (κ3) is 2.63. The number of hydrogen-bond donors (Lipinski definition) is 0. The highest BCUT2D eigenvalue weighted by Crippen LogP contribution is 2.38. The van der Waals surface area contributed by atoms with Gasteiger partial charge in [-0.1, -0.05) is 25.4 Å². The van der Waals surface area contributed by atoms with E-state index in [0.29, 0.717) is 11.1 Å². The Bertz CT molecular complexity index is 571. The summed E-state index contributed by atoms with van der Waals surface area (Å²) in [5.74, 6) is 3.13. The van der Waals surface area contributed by atoms with Gasteiger partial charge in [0.25, 0.3) is 0 Å². The molecule has 0 amide bonds. The van der Waals surface area contributed by atoms with Gasteiger partial charge >= 0.3 is 0 Å². The van der Waals surface area contributed by atoms with Crippen LogP contribution in [0.2, 0.25) is 5.15 Å². The van der Waals surface area contributed by atoms with Gasteiger partial charge in [-0.2, -0.15) is 0 Å². The van der Waals surface area contributed by atoms with Crippen LogP contribution in [0, 0.1) is 11.8 Å². The Morgan fingerprint density at radius 2 is 1.95 bits per heavy atom. The summed E-state index contributed by atoms with van der Waals surface area (Å²) in [4.78, 5) is 10.3. The van der Waals surface area contributed by atoms with Crippen LogP contribution in [0.15, 0.2) is 11.4 Å². The average Bonchev–Trinajstić information content (AvgIpc) is 2.87. The number of thiophene rings is 1. The Kier molecular flexibility index (Phi) is 3.77. The standard InChI is InChI=1S/C15H19ClN2S/c1-9(2)10-3-5-11(6-4-10)14-17-13(16)12-7-8-19-15(12)18-14/h7-11H,3-6H2,1-2H3. The van der Waals surface area contributed by atoms with Gasteiger partial charge in [0.05, 0.1) is 0 Å². The molecular weight excluding hydrogens is 276 g/mol. The molecule has 2 aromatic heterocycles. The maximum atomic E-state index is 6.26. The summed E-state index contributed by atoms with van der Waals surface area (Å²) in [7, 11) is 0. The van der Waals surface area contributed by atoms with Gasteiger partial charge in [-0.25, -0.2) is 9.97 Å². The molecule has 1 aliphatic carbocycles. The summed E-state index contributed by atoms with van der Waals surface area (Å²) in [6, 6.07) is 2.00. The van der Waals surface area contributed by atoms with E-state index in [1.165, 1.54) is 25.7 Å². The van der Waals surface area contributed by atoms with Crippen molar-refractivity contribution < 1.29 is 0 Å². The normalized spacial score (nSPS) is 24.2. The minimum atomic E-state index is 0.499. The van der Waals surface area contributed by atoms with Crippen molar-refractivity contribution in [2.45, 2.75) is 45.4 Å². The molecule has 102 valence electrons. The van der Waals surface area contributed by atoms with Crippen molar-refractivity contribution in [1.82, 2.24) is 9.97 Å². The second-order valence-electron chi connectivity index (χ2n) is 5.87. The highest BCUT2D eigenvalue weighted by molar-refractivity contribution is 7.16. The van der Waals surface area contributed by atoms with E-state index < -0.39 is 0 Å². The smallest absolute Gasteiger partial charge is 0.141 e. The topological polar surface area (TPSA) is 25.8 Å². The molecule has 0 aromatic carbocycles. The lowest BCUT2D eigenvalue weighted by Gasteiger charge is -2.30. The minimum Gasteiger partial charge on any atom is -0.222 e. The van der Waals surface area contributed by atoms with E-state index in [2.05, 4.69) is 18.8 Å². The highest BCUT2D eigenvalue weighted by atomic mass is 35.5. The first-order chi connectivity index (χ1) is 9.15. The largest absolute Gasteiger partial charge is 0.222 e. The van der Waals surface area contributed by atoms with Crippen LogP contribution in [0.25, 0.3) is 10.2 Å². The van der Waals surface area contributed by atoms with Crippen LogP contribution in [0.1, 0.15) is 51.3 Å². The molecule has 0 spiro atoms. The molecule has 0 unspecified atom stereocenters. The molecule has 0 atom stereocenters. The quantitative estimate of drug-likeness (QED) is 0.705. The maximum Gasteiger partial charge on any atom is 0.141 e. The first-order valence-electron chi connectivity index (χ1n) is 7.05. The van der Waals surface area contributed by atoms with Gasteiger partial charge in [-0.3, -0.25) is 0 Å². The number of fused-ring (bicyclic) bond motifs is 1. The molecule has 2 aromatic rings. The number of halogens is 1. The van der Waals surface area contributed by atoms with Gasteiger partial charge in [0.15, 0.2) is 0 Å². The summed E-state index contributed by atoms with van der Waals surface area (Å²) < 4.78 is 0. The Morgan fingerprint density at radius 3 is 2.63 bits per heavy atom. The van der Waals surface area contributed by atoms with Crippen LogP contribution < -0.4 is 0 Å². The monoisotopic (exact) mass is 294 g/mol. The molecule has 2 nitrogen and oxygen atoms in total. The molecule has 0 aliphatic heterocycles. The fraction of sp³-hybridized carbons (Fsp3) is 0.600. The summed E-state index contributed by atoms with van der Waals surface area (Å²) in [6.45, 7) is 4.66. The molecule has 2 heterocycles. The fourth-order valence-electron chi connectivity index (χ4n) is 3.06. The van der Waals surface area contributed by atoms with Gasteiger partial charge in [-0.15, -0.1) is 11.3 Å². The van der Waals surface area contributed by atoms with Crippen LogP contribution >= 0.6 is 22.9 Å². The summed E-state index contributed by atoms with van der Waals surface area (Å²) in [6.07, 6.45) is 5.00. The number of hydrogen-bond acceptors (Lipinski definition) is 3. The lowest BCUT2D eigenvalue weighted by molar-refractivity contribution is 0.255. The zero-order chi connectivity index (χ0) is 13.4. The molecule has 3 rings (SSSR count). The van der Waals surface area contributed by atoms with Crippen molar-refractivity contribution in [3.8, 4) is 0 Å². The Hall–Kier alpha value is -0.670. The highest BCUT2D eigenvalue weighted by Gasteiger charge is 2.26. The van der Waals surface area contributed by atoms with E-state index >= 15 is 0 Å². The number of nitrogens with zero attached hydrogens (tertiary/aromatic N) is 2. The Morgan fingerprint density at radius 1 is 1.21 bits per heavy atom. The summed E-state index contributed by atoms with van der Waals surface area (Å²) in [5, 5.41) is 3.64. The van der Waals surface area contributed by atoms with Crippen LogP contribution in [0.5, 0.6) is 0 Å². The van der Waals surface area contributed by atoms with E-state index in [1.54, 1.807) is 11.3 Å². The van der Waals surface area contributed by atoms with Crippen LogP contribution in [-0.4, -0.2) is 9.97 Å². The molecule has 1 aliphatic rings. The molecule has 1 fully saturated rings. The third-order valence-corrected chi connectivity index (χ3v) is 5.47. The molecular formula is C15H19ClN2S. The molecule has 19 heavy (non-hydrogen) atoms. The van der Waals surface area contributed by atoms with Crippen molar-refractivity contribution in [3.63, 3.8) is 0 Å². The molecule has 0 radical (unpaired) electrons. The van der Waals surface area contributed by atoms with Crippen molar-refractivity contribution in [2.24, 2.45) is 11.8 Å². The van der Waals surface area contributed by atoms with E-state index in [1.807, 2.05) is 11.4 Å². The average molecular weight is 295 g/mol. The Balaban J connectivity index is 1.81. The SMILES string of the molecule is CC(C)C1CCC(c2nc(Cl)c3ccsc3n2)CC1. The second-order valence-corrected chi connectivity index (χ2v) is 7.12. The molecule has 1 saturated carbocycles. The van der Waals surface area contributed by atoms with Gasteiger partial charge in [0, 0.05) is 11.3 Å². The predicted octanol–water partition coefficient (Wildman–Crippen LogP) is 5.27. The maximum absolute atomic E-state index is 6.26. The lowest BCUT2D eigenvalue weighted by atomic mass is 9.77. The van der Waals surface area contributed by atoms with Crippen molar-refractivity contribution in [1.29, 1.82) is 0 Å². The number of rotatable bonds is 2. The van der Waals surface area contributed by atoms with Crippen LogP contribution in [-0.2, 0) is 0 Å². The molecule has 0 saturated heterocycles. The van der Waals surface area contributed by atoms with Crippen molar-refractivity contribution >= 4 is 33.2 Å². The first-order valence-corrected chi connectivity index (χ1v) is 8.31. The van der Waals surface area contributed by atoms with E-state index in [0.717, 1.165) is 27.9 Å². The van der Waals surface area contributed by atoms with Gasteiger partial charge in [-0.05, 0) is 49.0 Å². The summed E-state index contributed by atoms with van der Waals surface area (Å²) >= 11 is 7.91. The van der Waals surface area contributed by atoms with Gasteiger partial charge in [0.2, 0.25) is 0 Å². The third-order valence-electron chi connectivity index (χ3n) is 4.38. The van der Waals surface area contributed by atoms with Crippen LogP contribution in [0.3, 0.4) is 0 Å².